The van der Waals surface area contributed by atoms with Crippen molar-refractivity contribution in [1.29, 1.82) is 0 Å². The molecule has 1 aliphatic heterocycles. The van der Waals surface area contributed by atoms with E-state index in [0.29, 0.717) is 5.91 Å². The highest BCUT2D eigenvalue weighted by Crippen LogP contribution is 2.24. The van der Waals surface area contributed by atoms with Gasteiger partial charge in [-0.1, -0.05) is 32.0 Å². The lowest BCUT2D eigenvalue weighted by molar-refractivity contribution is -0.136. The van der Waals surface area contributed by atoms with Crippen LogP contribution < -0.4 is 4.90 Å². The largest absolute Gasteiger partial charge is 0.371 e. The summed E-state index contributed by atoms with van der Waals surface area (Å²) in [5, 5.41) is 0. The monoisotopic (exact) mass is 288 g/mol. The fourth-order valence-electron chi connectivity index (χ4n) is 3.15. The molecule has 21 heavy (non-hydrogen) atoms. The van der Waals surface area contributed by atoms with Gasteiger partial charge in [-0.2, -0.15) is 0 Å². The van der Waals surface area contributed by atoms with E-state index in [9.17, 15) is 4.79 Å². The van der Waals surface area contributed by atoms with Gasteiger partial charge in [0.1, 0.15) is 0 Å². The molecule has 3 heteroatoms. The fourth-order valence-corrected chi connectivity index (χ4v) is 3.15. The summed E-state index contributed by atoms with van der Waals surface area (Å²) in [4.78, 5) is 17.1. The van der Waals surface area contributed by atoms with Gasteiger partial charge in [0.25, 0.3) is 0 Å². The molecular weight excluding hydrogens is 260 g/mol. The lowest BCUT2D eigenvalue weighted by atomic mass is 9.94. The van der Waals surface area contributed by atoms with E-state index in [4.69, 9.17) is 0 Å². The Morgan fingerprint density at radius 3 is 2.19 bits per heavy atom. The number of para-hydroxylation sites is 1. The standard InChI is InChI=1S/C18H28N2O/c1-3-12-20(13-4-2)18(21)16-10-14-19(15-11-16)17-8-6-5-7-9-17/h5-9,16H,3-4,10-15H2,1-2H3. The van der Waals surface area contributed by atoms with Crippen LogP contribution in [-0.4, -0.2) is 37.0 Å². The fraction of sp³-hybridized carbons (Fsp3) is 0.611. The van der Waals surface area contributed by atoms with Crippen molar-refractivity contribution in [2.24, 2.45) is 5.92 Å². The first-order chi connectivity index (χ1) is 10.3. The van der Waals surface area contributed by atoms with Crippen molar-refractivity contribution < 1.29 is 4.79 Å². The Kier molecular flexibility index (Phi) is 6.09. The maximum atomic E-state index is 12.6. The topological polar surface area (TPSA) is 23.6 Å². The summed E-state index contributed by atoms with van der Waals surface area (Å²) in [7, 11) is 0. The number of carbonyl (C=O) groups excluding carboxylic acids is 1. The Hall–Kier alpha value is -1.51. The van der Waals surface area contributed by atoms with Crippen molar-refractivity contribution in [3.8, 4) is 0 Å². The van der Waals surface area contributed by atoms with E-state index in [1.54, 1.807) is 0 Å². The Morgan fingerprint density at radius 2 is 1.67 bits per heavy atom. The molecule has 1 aliphatic rings. The molecule has 1 heterocycles. The third-order valence-corrected chi connectivity index (χ3v) is 4.26. The van der Waals surface area contributed by atoms with Crippen LogP contribution >= 0.6 is 0 Å². The molecule has 0 atom stereocenters. The van der Waals surface area contributed by atoms with Crippen molar-refractivity contribution in [2.45, 2.75) is 39.5 Å². The van der Waals surface area contributed by atoms with E-state index in [-0.39, 0.29) is 5.92 Å². The Bertz CT molecular complexity index is 418. The zero-order chi connectivity index (χ0) is 15.1. The summed E-state index contributed by atoms with van der Waals surface area (Å²) >= 11 is 0. The maximum absolute atomic E-state index is 12.6. The van der Waals surface area contributed by atoms with Gasteiger partial charge in [0.05, 0.1) is 0 Å². The number of anilines is 1. The minimum absolute atomic E-state index is 0.225. The second kappa shape index (κ2) is 8.06. The lowest BCUT2D eigenvalue weighted by Crippen LogP contribution is -2.43. The van der Waals surface area contributed by atoms with Crippen LogP contribution in [0.15, 0.2) is 30.3 Å². The quantitative estimate of drug-likeness (QED) is 0.799. The second-order valence-corrected chi connectivity index (χ2v) is 5.92. The first kappa shape index (κ1) is 15.9. The van der Waals surface area contributed by atoms with Gasteiger partial charge < -0.3 is 9.80 Å². The Morgan fingerprint density at radius 1 is 1.10 bits per heavy atom. The summed E-state index contributed by atoms with van der Waals surface area (Å²) < 4.78 is 0. The third kappa shape index (κ3) is 4.23. The molecule has 1 aromatic carbocycles. The van der Waals surface area contributed by atoms with Crippen LogP contribution in [0.25, 0.3) is 0 Å². The van der Waals surface area contributed by atoms with Crippen molar-refractivity contribution in [1.82, 2.24) is 4.90 Å². The summed E-state index contributed by atoms with van der Waals surface area (Å²) in [5.41, 5.74) is 1.28. The molecule has 1 aromatic rings. The SMILES string of the molecule is CCCN(CCC)C(=O)C1CCN(c2ccccc2)CC1. The van der Waals surface area contributed by atoms with Crippen LogP contribution in [0.2, 0.25) is 0 Å². The summed E-state index contributed by atoms with van der Waals surface area (Å²) in [6, 6.07) is 10.5. The first-order valence-electron chi connectivity index (χ1n) is 8.35. The van der Waals surface area contributed by atoms with Gasteiger partial charge in [-0.25, -0.2) is 0 Å². The number of amides is 1. The van der Waals surface area contributed by atoms with Gasteiger partial charge >= 0.3 is 0 Å². The minimum atomic E-state index is 0.225. The zero-order valence-electron chi connectivity index (χ0n) is 13.4. The van der Waals surface area contributed by atoms with Crippen molar-refractivity contribution in [3.63, 3.8) is 0 Å². The zero-order valence-corrected chi connectivity index (χ0v) is 13.4. The van der Waals surface area contributed by atoms with Crippen molar-refractivity contribution in [2.75, 3.05) is 31.1 Å². The predicted molar refractivity (Wildman–Crippen MR) is 88.5 cm³/mol. The molecule has 3 nitrogen and oxygen atoms in total. The van der Waals surface area contributed by atoms with E-state index in [2.05, 4.69) is 47.9 Å². The normalized spacial score (nSPS) is 16.0. The number of rotatable bonds is 6. The molecule has 0 spiro atoms. The Balaban J connectivity index is 1.89. The molecule has 1 amide bonds. The first-order valence-corrected chi connectivity index (χ1v) is 8.35. The molecule has 0 aromatic heterocycles. The number of benzene rings is 1. The lowest BCUT2D eigenvalue weighted by Gasteiger charge is -2.35. The summed E-state index contributed by atoms with van der Waals surface area (Å²) in [6.07, 6.45) is 4.07. The van der Waals surface area contributed by atoms with E-state index in [0.717, 1.165) is 51.9 Å². The number of hydrogen-bond donors (Lipinski definition) is 0. The maximum Gasteiger partial charge on any atom is 0.225 e. The van der Waals surface area contributed by atoms with E-state index in [1.165, 1.54) is 5.69 Å². The number of piperidine rings is 1. The van der Waals surface area contributed by atoms with Crippen LogP contribution in [0, 0.1) is 5.92 Å². The van der Waals surface area contributed by atoms with E-state index in [1.807, 2.05) is 6.07 Å². The van der Waals surface area contributed by atoms with Crippen LogP contribution in [0.5, 0.6) is 0 Å². The van der Waals surface area contributed by atoms with Gasteiger partial charge in [0.15, 0.2) is 0 Å². The van der Waals surface area contributed by atoms with Gasteiger partial charge in [-0.15, -0.1) is 0 Å². The molecule has 0 unspecified atom stereocenters. The molecule has 1 saturated heterocycles. The number of carbonyl (C=O) groups is 1. The highest BCUT2D eigenvalue weighted by molar-refractivity contribution is 5.79. The summed E-state index contributed by atoms with van der Waals surface area (Å²) in [6.45, 7) is 8.10. The molecule has 0 bridgehead atoms. The second-order valence-electron chi connectivity index (χ2n) is 5.92. The molecule has 1 fully saturated rings. The van der Waals surface area contributed by atoms with Gasteiger partial charge in [0, 0.05) is 37.8 Å². The Labute approximate surface area is 128 Å². The number of hydrogen-bond acceptors (Lipinski definition) is 2. The van der Waals surface area contributed by atoms with Crippen molar-refractivity contribution >= 4 is 11.6 Å². The van der Waals surface area contributed by atoms with Gasteiger partial charge in [-0.05, 0) is 37.8 Å². The minimum Gasteiger partial charge on any atom is -0.371 e. The third-order valence-electron chi connectivity index (χ3n) is 4.26. The van der Waals surface area contributed by atoms with Crippen LogP contribution in [0.1, 0.15) is 39.5 Å². The molecule has 0 aliphatic carbocycles. The smallest absolute Gasteiger partial charge is 0.225 e. The van der Waals surface area contributed by atoms with E-state index < -0.39 is 0 Å². The van der Waals surface area contributed by atoms with Crippen molar-refractivity contribution in [3.05, 3.63) is 30.3 Å². The molecule has 0 radical (unpaired) electrons. The van der Waals surface area contributed by atoms with Gasteiger partial charge in [0.2, 0.25) is 5.91 Å². The average molecular weight is 288 g/mol. The number of nitrogens with zero attached hydrogens (tertiary/aromatic N) is 2. The summed E-state index contributed by atoms with van der Waals surface area (Å²) in [5.74, 6) is 0.606. The predicted octanol–water partition coefficient (Wildman–Crippen LogP) is 3.55. The highest BCUT2D eigenvalue weighted by atomic mass is 16.2. The van der Waals surface area contributed by atoms with Gasteiger partial charge in [-0.3, -0.25) is 4.79 Å². The van der Waals surface area contributed by atoms with Crippen LogP contribution in [0.4, 0.5) is 5.69 Å². The highest BCUT2D eigenvalue weighted by Gasteiger charge is 2.27. The van der Waals surface area contributed by atoms with Crippen LogP contribution in [-0.2, 0) is 4.79 Å². The molecule has 0 N–H and O–H groups in total. The molecule has 2 rings (SSSR count). The molecular formula is C18H28N2O. The average Bonchev–Trinajstić information content (AvgIpc) is 2.55. The van der Waals surface area contributed by atoms with Crippen LogP contribution in [0.3, 0.4) is 0 Å². The van der Waals surface area contributed by atoms with E-state index >= 15 is 0 Å². The molecule has 0 saturated carbocycles. The molecule has 116 valence electrons.